The third-order valence-corrected chi connectivity index (χ3v) is 4.24. The third-order valence-electron chi connectivity index (χ3n) is 3.19. The smallest absolute Gasteiger partial charge is 0.321 e. The number of carbonyl (C=O) groups excluding carboxylic acids is 2. The molecule has 1 rings (SSSR count). The number of ether oxygens (including phenoxy) is 1. The molecule has 0 saturated heterocycles. The highest BCUT2D eigenvalue weighted by atomic mass is 32.2. The number of aryl methyl sites for hydroxylation is 1. The molecular formula is C17H19N3O5S. The first kappa shape index (κ1) is 21.2. The molecule has 9 heteroatoms. The molecular weight excluding hydrogens is 358 g/mol. The van der Waals surface area contributed by atoms with Crippen LogP contribution in [0.25, 0.3) is 6.08 Å². The number of nitrogens with one attached hydrogen (secondary N) is 2. The summed E-state index contributed by atoms with van der Waals surface area (Å²) in [6, 6.07) is 8.79. The van der Waals surface area contributed by atoms with Gasteiger partial charge in [0.2, 0.25) is 10.0 Å². The van der Waals surface area contributed by atoms with Crippen LogP contribution in [0.5, 0.6) is 0 Å². The quantitative estimate of drug-likeness (QED) is 0.489. The van der Waals surface area contributed by atoms with Crippen LogP contribution in [0.1, 0.15) is 18.1 Å². The molecule has 0 aliphatic carbocycles. The highest BCUT2D eigenvalue weighted by Gasteiger charge is 2.21. The van der Waals surface area contributed by atoms with Crippen molar-refractivity contribution in [3.05, 3.63) is 40.8 Å². The zero-order chi connectivity index (χ0) is 19.7. The Kier molecular flexibility index (Phi) is 7.83. The summed E-state index contributed by atoms with van der Waals surface area (Å²) in [5.74, 6) is -2.99. The number of ketones is 1. The second-order valence-electron chi connectivity index (χ2n) is 5.45. The van der Waals surface area contributed by atoms with Gasteiger partial charge in [-0.25, -0.2) is 13.1 Å². The van der Waals surface area contributed by atoms with Gasteiger partial charge in [-0.05, 0) is 25.5 Å². The third kappa shape index (κ3) is 7.38. The maximum atomic E-state index is 11.8. The van der Waals surface area contributed by atoms with Crippen LogP contribution in [0.4, 0.5) is 0 Å². The number of sulfonamides is 1. The summed E-state index contributed by atoms with van der Waals surface area (Å²) in [6.45, 7) is 1.84. The molecule has 0 heterocycles. The first-order valence-corrected chi connectivity index (χ1v) is 9.06. The lowest BCUT2D eigenvalue weighted by molar-refractivity contribution is -0.146. The summed E-state index contributed by atoms with van der Waals surface area (Å²) >= 11 is 0. The summed E-state index contributed by atoms with van der Waals surface area (Å²) < 4.78 is 30.3. The molecule has 1 aromatic rings. The van der Waals surface area contributed by atoms with E-state index in [4.69, 9.17) is 10.7 Å². The largest absolute Gasteiger partial charge is 0.457 e. The fourth-order valence-electron chi connectivity index (χ4n) is 1.75. The minimum atomic E-state index is -3.86. The number of carbonyl (C=O) groups is 2. The Labute approximate surface area is 152 Å². The maximum absolute atomic E-state index is 11.8. The monoisotopic (exact) mass is 377 g/mol. The van der Waals surface area contributed by atoms with Gasteiger partial charge in [-0.1, -0.05) is 29.8 Å². The molecule has 0 bridgehead atoms. The zero-order valence-corrected chi connectivity index (χ0v) is 15.2. The van der Waals surface area contributed by atoms with E-state index in [2.05, 4.69) is 4.74 Å². The van der Waals surface area contributed by atoms with Gasteiger partial charge < -0.3 is 10.1 Å². The van der Waals surface area contributed by atoms with Crippen molar-refractivity contribution in [2.24, 2.45) is 5.92 Å². The van der Waals surface area contributed by atoms with Crippen LogP contribution in [-0.4, -0.2) is 39.0 Å². The Morgan fingerprint density at radius 3 is 2.50 bits per heavy atom. The molecule has 138 valence electrons. The molecule has 0 aliphatic heterocycles. The molecule has 0 aromatic heterocycles. The lowest BCUT2D eigenvalue weighted by Gasteiger charge is -2.07. The fraction of sp³-hybridized carbons (Fsp3) is 0.294. The molecule has 0 fully saturated rings. The lowest BCUT2D eigenvalue weighted by atomic mass is 10.0. The van der Waals surface area contributed by atoms with Gasteiger partial charge >= 0.3 is 5.97 Å². The van der Waals surface area contributed by atoms with E-state index < -0.39 is 40.8 Å². The SMILES string of the molecule is CC(=N)[C@@H](C#N)C(=O)COC(=O)CNS(=O)(=O)/C=C/c1ccc(C)cc1. The Bertz CT molecular complexity index is 851. The minimum absolute atomic E-state index is 0.157. The molecule has 2 N–H and O–H groups in total. The van der Waals surface area contributed by atoms with Gasteiger partial charge in [0.1, 0.15) is 12.5 Å². The van der Waals surface area contributed by atoms with Crippen LogP contribution in [0.2, 0.25) is 0 Å². The number of nitrogens with zero attached hydrogens (tertiary/aromatic N) is 1. The molecule has 1 aromatic carbocycles. The standard InChI is InChI=1S/C17H19N3O5S/c1-12-3-5-14(6-4-12)7-8-26(23,24)20-10-17(22)25-11-16(21)15(9-18)13(2)19/h3-8,15,19-20H,10-11H2,1-2H3/b8-7+,19-13?/t15-/m1/s1. The summed E-state index contributed by atoms with van der Waals surface area (Å²) in [7, 11) is -3.86. The Morgan fingerprint density at radius 1 is 1.35 bits per heavy atom. The van der Waals surface area contributed by atoms with Crippen LogP contribution < -0.4 is 4.72 Å². The molecule has 0 spiro atoms. The van der Waals surface area contributed by atoms with Crippen LogP contribution in [-0.2, 0) is 24.3 Å². The molecule has 26 heavy (non-hydrogen) atoms. The maximum Gasteiger partial charge on any atom is 0.321 e. The number of hydrogen-bond acceptors (Lipinski definition) is 7. The van der Waals surface area contributed by atoms with Crippen molar-refractivity contribution in [2.75, 3.05) is 13.2 Å². The van der Waals surface area contributed by atoms with Crippen molar-refractivity contribution >= 4 is 33.6 Å². The first-order valence-electron chi connectivity index (χ1n) is 7.52. The molecule has 1 atom stereocenters. The summed E-state index contributed by atoms with van der Waals surface area (Å²) in [5.41, 5.74) is 1.56. The van der Waals surface area contributed by atoms with Crippen LogP contribution in [0.3, 0.4) is 0 Å². The molecule has 8 nitrogen and oxygen atoms in total. The van der Waals surface area contributed by atoms with Crippen LogP contribution in [0, 0.1) is 29.6 Å². The van der Waals surface area contributed by atoms with Gasteiger partial charge in [-0.3, -0.25) is 9.59 Å². The van der Waals surface area contributed by atoms with Gasteiger partial charge in [-0.15, -0.1) is 0 Å². The number of nitriles is 1. The van der Waals surface area contributed by atoms with E-state index in [1.807, 2.05) is 23.8 Å². The predicted molar refractivity (Wildman–Crippen MR) is 95.6 cm³/mol. The van der Waals surface area contributed by atoms with Gasteiger partial charge in [-0.2, -0.15) is 5.26 Å². The topological polar surface area (TPSA) is 137 Å². The number of esters is 1. The normalized spacial score (nSPS) is 12.3. The van der Waals surface area contributed by atoms with Gasteiger partial charge in [0.05, 0.1) is 6.07 Å². The molecule has 0 saturated carbocycles. The van der Waals surface area contributed by atoms with E-state index in [1.165, 1.54) is 13.0 Å². The van der Waals surface area contributed by atoms with E-state index in [0.29, 0.717) is 5.56 Å². The molecule has 0 aliphatic rings. The van der Waals surface area contributed by atoms with Gasteiger partial charge in [0.15, 0.2) is 12.4 Å². The van der Waals surface area contributed by atoms with Crippen molar-refractivity contribution in [1.29, 1.82) is 10.7 Å². The van der Waals surface area contributed by atoms with Crippen LogP contribution >= 0.6 is 0 Å². The van der Waals surface area contributed by atoms with E-state index in [1.54, 1.807) is 18.2 Å². The van der Waals surface area contributed by atoms with Gasteiger partial charge in [0, 0.05) is 11.1 Å². The second kappa shape index (κ2) is 9.60. The second-order valence-corrected chi connectivity index (χ2v) is 7.10. The average Bonchev–Trinajstić information content (AvgIpc) is 2.58. The highest BCUT2D eigenvalue weighted by Crippen LogP contribution is 2.06. The van der Waals surface area contributed by atoms with E-state index in [9.17, 15) is 18.0 Å². The Balaban J connectivity index is 2.50. The lowest BCUT2D eigenvalue weighted by Crippen LogP contribution is -2.32. The number of hydrogen-bond donors (Lipinski definition) is 2. The molecule has 0 radical (unpaired) electrons. The molecule has 0 amide bonds. The van der Waals surface area contributed by atoms with Gasteiger partial charge in [0.25, 0.3) is 0 Å². The van der Waals surface area contributed by atoms with Crippen molar-refractivity contribution < 1.29 is 22.7 Å². The average molecular weight is 377 g/mol. The summed E-state index contributed by atoms with van der Waals surface area (Å²) in [4.78, 5) is 23.1. The zero-order valence-electron chi connectivity index (χ0n) is 14.4. The fourth-order valence-corrected chi connectivity index (χ4v) is 2.50. The van der Waals surface area contributed by atoms with E-state index in [0.717, 1.165) is 11.0 Å². The van der Waals surface area contributed by atoms with Crippen molar-refractivity contribution in [3.8, 4) is 6.07 Å². The summed E-state index contributed by atoms with van der Waals surface area (Å²) in [5, 5.41) is 17.0. The number of Topliss-reactive ketones (excluding diaryl/α,β-unsaturated/α-hetero) is 1. The van der Waals surface area contributed by atoms with Crippen molar-refractivity contribution in [1.82, 2.24) is 4.72 Å². The number of benzene rings is 1. The minimum Gasteiger partial charge on any atom is -0.457 e. The molecule has 0 unspecified atom stereocenters. The van der Waals surface area contributed by atoms with Crippen LogP contribution in [0.15, 0.2) is 29.7 Å². The summed E-state index contributed by atoms with van der Waals surface area (Å²) in [6.07, 6.45) is 1.38. The Morgan fingerprint density at radius 2 is 1.96 bits per heavy atom. The van der Waals surface area contributed by atoms with Crippen molar-refractivity contribution in [2.45, 2.75) is 13.8 Å². The Hall–Kier alpha value is -2.83. The van der Waals surface area contributed by atoms with E-state index in [-0.39, 0.29) is 5.71 Å². The predicted octanol–water partition coefficient (Wildman–Crippen LogP) is 1.18. The first-order chi connectivity index (χ1) is 12.1. The highest BCUT2D eigenvalue weighted by molar-refractivity contribution is 7.92. The van der Waals surface area contributed by atoms with E-state index >= 15 is 0 Å². The number of rotatable bonds is 9. The van der Waals surface area contributed by atoms with Crippen molar-refractivity contribution in [3.63, 3.8) is 0 Å².